The molecule has 0 bridgehead atoms. The van der Waals surface area contributed by atoms with Crippen LogP contribution in [0, 0.1) is 5.82 Å². The van der Waals surface area contributed by atoms with E-state index in [1.54, 1.807) is 48.5 Å². The molecule has 6 rings (SSSR count). The van der Waals surface area contributed by atoms with E-state index in [0.717, 1.165) is 5.56 Å². The van der Waals surface area contributed by atoms with Gasteiger partial charge in [-0.25, -0.2) is 4.39 Å². The van der Waals surface area contributed by atoms with Crippen LogP contribution in [0.3, 0.4) is 0 Å². The Morgan fingerprint density at radius 1 is 1.00 bits per heavy atom. The molecule has 0 N–H and O–H groups in total. The van der Waals surface area contributed by atoms with Gasteiger partial charge in [-0.2, -0.15) is 0 Å². The van der Waals surface area contributed by atoms with Crippen molar-refractivity contribution in [2.24, 2.45) is 0 Å². The fraction of sp³-hybridized carbons (Fsp3) is 0.120. The minimum Gasteiger partial charge on any atom is -0.454 e. The molecule has 3 heterocycles. The number of fused-ring (bicyclic) bond motifs is 3. The monoisotopic (exact) mass is 507 g/mol. The summed E-state index contributed by atoms with van der Waals surface area (Å²) in [5, 5.41) is 0.321. The van der Waals surface area contributed by atoms with Gasteiger partial charge in [0.05, 0.1) is 17.0 Å². The largest absolute Gasteiger partial charge is 0.454 e. The first-order valence-electron chi connectivity index (χ1n) is 10.2. The van der Waals surface area contributed by atoms with Crippen molar-refractivity contribution in [3.8, 4) is 11.5 Å². The van der Waals surface area contributed by atoms with E-state index in [1.165, 1.54) is 11.0 Å². The van der Waals surface area contributed by atoms with Gasteiger partial charge >= 0.3 is 0 Å². The Morgan fingerprint density at radius 2 is 1.82 bits per heavy atom. The summed E-state index contributed by atoms with van der Waals surface area (Å²) in [7, 11) is 0. The SMILES string of the molecule is O=C1c2oc3ccc(Br)cc3c(=O)c2C(c2ccccc2F)N1Cc1ccc2c(c1)OCO2. The quantitative estimate of drug-likeness (QED) is 0.382. The minimum absolute atomic E-state index is 0.0659. The van der Waals surface area contributed by atoms with Gasteiger partial charge in [0, 0.05) is 16.6 Å². The molecule has 1 aromatic heterocycles. The molecule has 0 saturated heterocycles. The number of carbonyl (C=O) groups excluding carboxylic acids is 1. The summed E-state index contributed by atoms with van der Waals surface area (Å²) in [5.74, 6) is 0.146. The maximum Gasteiger partial charge on any atom is 0.291 e. The molecule has 0 radical (unpaired) electrons. The summed E-state index contributed by atoms with van der Waals surface area (Å²) < 4.78 is 32.4. The lowest BCUT2D eigenvalue weighted by molar-refractivity contribution is 0.0712. The Kier molecular flexibility index (Phi) is 4.51. The number of benzene rings is 3. The zero-order valence-corrected chi connectivity index (χ0v) is 18.6. The molecule has 1 amide bonds. The number of amides is 1. The second kappa shape index (κ2) is 7.45. The van der Waals surface area contributed by atoms with Crippen LogP contribution in [0.5, 0.6) is 11.5 Å². The first-order chi connectivity index (χ1) is 16.0. The molecule has 1 unspecified atom stereocenters. The molecule has 1 atom stereocenters. The third kappa shape index (κ3) is 3.13. The highest BCUT2D eigenvalue weighted by Crippen LogP contribution is 2.41. The van der Waals surface area contributed by atoms with E-state index < -0.39 is 17.8 Å². The molecule has 164 valence electrons. The molecule has 0 spiro atoms. The highest BCUT2D eigenvalue weighted by atomic mass is 79.9. The van der Waals surface area contributed by atoms with Crippen LogP contribution in [0.1, 0.15) is 33.3 Å². The second-order valence-corrected chi connectivity index (χ2v) is 8.77. The van der Waals surface area contributed by atoms with E-state index in [4.69, 9.17) is 13.9 Å². The van der Waals surface area contributed by atoms with E-state index in [9.17, 15) is 14.0 Å². The predicted octanol–water partition coefficient (Wildman–Crippen LogP) is 5.17. The van der Waals surface area contributed by atoms with E-state index in [2.05, 4.69) is 15.9 Å². The van der Waals surface area contributed by atoms with Gasteiger partial charge in [0.15, 0.2) is 16.9 Å². The number of carbonyl (C=O) groups is 1. The highest BCUT2D eigenvalue weighted by molar-refractivity contribution is 9.10. The number of halogens is 2. The van der Waals surface area contributed by atoms with Crippen molar-refractivity contribution in [1.82, 2.24) is 4.90 Å². The Labute approximate surface area is 195 Å². The molecule has 6 nitrogen and oxygen atoms in total. The Bertz CT molecular complexity index is 1510. The van der Waals surface area contributed by atoms with Crippen LogP contribution >= 0.6 is 15.9 Å². The average molecular weight is 508 g/mol. The lowest BCUT2D eigenvalue weighted by atomic mass is 9.98. The summed E-state index contributed by atoms with van der Waals surface area (Å²) in [4.78, 5) is 28.5. The van der Waals surface area contributed by atoms with Crippen LogP contribution in [0.2, 0.25) is 0 Å². The topological polar surface area (TPSA) is 69.0 Å². The van der Waals surface area contributed by atoms with Gasteiger partial charge in [0.25, 0.3) is 5.91 Å². The van der Waals surface area contributed by atoms with Gasteiger partial charge in [-0.15, -0.1) is 0 Å². The van der Waals surface area contributed by atoms with Crippen molar-refractivity contribution in [3.05, 3.63) is 104 Å². The third-order valence-electron chi connectivity index (χ3n) is 5.92. The lowest BCUT2D eigenvalue weighted by Gasteiger charge is -2.25. The van der Waals surface area contributed by atoms with E-state index in [0.29, 0.717) is 26.9 Å². The molecule has 3 aromatic carbocycles. The zero-order valence-electron chi connectivity index (χ0n) is 17.0. The van der Waals surface area contributed by atoms with Gasteiger partial charge in [0.2, 0.25) is 12.6 Å². The molecule has 0 aliphatic carbocycles. The van der Waals surface area contributed by atoms with Crippen molar-refractivity contribution >= 4 is 32.8 Å². The Morgan fingerprint density at radius 3 is 2.67 bits per heavy atom. The first-order valence-corrected chi connectivity index (χ1v) is 11.0. The van der Waals surface area contributed by atoms with Gasteiger partial charge in [0.1, 0.15) is 11.4 Å². The molecule has 0 saturated carbocycles. The standard InChI is InChI=1S/C25H15BrFNO5/c26-14-6-8-18-16(10-14)23(29)21-22(15-3-1-2-4-17(15)27)28(25(30)24(21)33-18)11-13-5-7-19-20(9-13)32-12-31-19/h1-10,22H,11-12H2. The summed E-state index contributed by atoms with van der Waals surface area (Å²) in [6, 6.07) is 15.6. The maximum absolute atomic E-state index is 14.9. The van der Waals surface area contributed by atoms with Crippen molar-refractivity contribution in [2.45, 2.75) is 12.6 Å². The molecular weight excluding hydrogens is 493 g/mol. The van der Waals surface area contributed by atoms with Crippen molar-refractivity contribution in [3.63, 3.8) is 0 Å². The number of hydrogen-bond donors (Lipinski definition) is 0. The zero-order chi connectivity index (χ0) is 22.7. The maximum atomic E-state index is 14.9. The molecule has 2 aliphatic heterocycles. The summed E-state index contributed by atoms with van der Waals surface area (Å²) in [5.41, 5.74) is 1.06. The number of hydrogen-bond acceptors (Lipinski definition) is 5. The molecule has 0 fully saturated rings. The van der Waals surface area contributed by atoms with Crippen LogP contribution in [0.4, 0.5) is 4.39 Å². The van der Waals surface area contributed by atoms with E-state index in [-0.39, 0.29) is 35.7 Å². The van der Waals surface area contributed by atoms with Crippen LogP contribution in [0.25, 0.3) is 11.0 Å². The molecule has 2 aliphatic rings. The Balaban J connectivity index is 1.54. The van der Waals surface area contributed by atoms with E-state index >= 15 is 0 Å². The summed E-state index contributed by atoms with van der Waals surface area (Å²) in [6.07, 6.45) is 0. The van der Waals surface area contributed by atoms with Crippen molar-refractivity contribution < 1.29 is 23.1 Å². The number of nitrogens with zero attached hydrogens (tertiary/aromatic N) is 1. The fourth-order valence-electron chi connectivity index (χ4n) is 4.41. The van der Waals surface area contributed by atoms with Crippen LogP contribution in [0.15, 0.2) is 74.3 Å². The van der Waals surface area contributed by atoms with Gasteiger partial charge in [-0.1, -0.05) is 40.2 Å². The number of ether oxygens (including phenoxy) is 2. The smallest absolute Gasteiger partial charge is 0.291 e. The van der Waals surface area contributed by atoms with Crippen molar-refractivity contribution in [1.29, 1.82) is 0 Å². The first kappa shape index (κ1) is 20.0. The lowest BCUT2D eigenvalue weighted by Crippen LogP contribution is -2.29. The van der Waals surface area contributed by atoms with Crippen LogP contribution in [-0.2, 0) is 6.54 Å². The highest BCUT2D eigenvalue weighted by Gasteiger charge is 2.43. The molecule has 33 heavy (non-hydrogen) atoms. The predicted molar refractivity (Wildman–Crippen MR) is 121 cm³/mol. The third-order valence-corrected chi connectivity index (χ3v) is 6.41. The Hall–Kier alpha value is -3.65. The molecular formula is C25H15BrFNO5. The van der Waals surface area contributed by atoms with Crippen LogP contribution in [-0.4, -0.2) is 17.6 Å². The average Bonchev–Trinajstić information content (AvgIpc) is 3.38. The minimum atomic E-state index is -0.932. The fourth-order valence-corrected chi connectivity index (χ4v) is 4.77. The van der Waals surface area contributed by atoms with E-state index in [1.807, 2.05) is 6.07 Å². The normalized spacial score (nSPS) is 16.5. The van der Waals surface area contributed by atoms with Gasteiger partial charge < -0.3 is 18.8 Å². The van der Waals surface area contributed by atoms with Crippen LogP contribution < -0.4 is 14.9 Å². The summed E-state index contributed by atoms with van der Waals surface area (Å²) in [6.45, 7) is 0.253. The number of rotatable bonds is 3. The van der Waals surface area contributed by atoms with Crippen molar-refractivity contribution in [2.75, 3.05) is 6.79 Å². The van der Waals surface area contributed by atoms with Gasteiger partial charge in [-0.05, 0) is 42.0 Å². The molecule has 4 aromatic rings. The van der Waals surface area contributed by atoms with Gasteiger partial charge in [-0.3, -0.25) is 9.59 Å². The molecule has 8 heteroatoms. The summed E-state index contributed by atoms with van der Waals surface area (Å²) >= 11 is 3.37. The second-order valence-electron chi connectivity index (χ2n) is 7.86.